The number of nitrogens with one attached hydrogen (secondary N) is 1. The summed E-state index contributed by atoms with van der Waals surface area (Å²) < 4.78 is 6.18. The molecule has 2 saturated heterocycles. The molecule has 0 radical (unpaired) electrons. The summed E-state index contributed by atoms with van der Waals surface area (Å²) in [6.07, 6.45) is 5.68. The van der Waals surface area contributed by atoms with Crippen molar-refractivity contribution in [2.45, 2.75) is 31.0 Å². The van der Waals surface area contributed by atoms with E-state index in [0.29, 0.717) is 12.0 Å². The van der Waals surface area contributed by atoms with Crippen LogP contribution in [0.1, 0.15) is 17.7 Å². The molecule has 2 aliphatic heterocycles. The molecule has 0 aliphatic carbocycles. The number of rotatable bonds is 4. The fraction of sp³-hybridized carbons (Fsp3) is 0.500. The van der Waals surface area contributed by atoms with Crippen molar-refractivity contribution in [2.24, 2.45) is 0 Å². The van der Waals surface area contributed by atoms with Gasteiger partial charge in [-0.15, -0.1) is 11.3 Å². The summed E-state index contributed by atoms with van der Waals surface area (Å²) >= 11 is 1.83. The van der Waals surface area contributed by atoms with E-state index >= 15 is 0 Å². The van der Waals surface area contributed by atoms with Crippen LogP contribution in [0.5, 0.6) is 0 Å². The zero-order valence-corrected chi connectivity index (χ0v) is 13.3. The van der Waals surface area contributed by atoms with Crippen LogP contribution >= 0.6 is 11.3 Å². The molecule has 2 atom stereocenters. The van der Waals surface area contributed by atoms with Gasteiger partial charge in [0, 0.05) is 43.3 Å². The fourth-order valence-corrected chi connectivity index (χ4v) is 4.21. The zero-order chi connectivity index (χ0) is 14.8. The Labute approximate surface area is 134 Å². The molecule has 6 heteroatoms. The third-order valence-corrected chi connectivity index (χ3v) is 5.32. The van der Waals surface area contributed by atoms with Crippen molar-refractivity contribution in [2.75, 3.05) is 25.0 Å². The van der Waals surface area contributed by atoms with Crippen molar-refractivity contribution in [1.82, 2.24) is 14.9 Å². The minimum atomic E-state index is 0.0176. The highest BCUT2D eigenvalue weighted by molar-refractivity contribution is 7.09. The molecule has 2 aliphatic rings. The van der Waals surface area contributed by atoms with Crippen LogP contribution in [0, 0.1) is 0 Å². The Hall–Kier alpha value is -1.50. The van der Waals surface area contributed by atoms with Crippen LogP contribution in [0.2, 0.25) is 0 Å². The van der Waals surface area contributed by atoms with E-state index in [1.807, 2.05) is 17.4 Å². The molecule has 0 bridgehead atoms. The predicted molar refractivity (Wildman–Crippen MR) is 87.0 cm³/mol. The number of nitrogens with zero attached hydrogens (tertiary/aromatic N) is 3. The molecule has 2 fully saturated rings. The largest absolute Gasteiger partial charge is 0.371 e. The van der Waals surface area contributed by atoms with Crippen LogP contribution in [-0.2, 0) is 11.3 Å². The van der Waals surface area contributed by atoms with Crippen molar-refractivity contribution in [3.8, 4) is 0 Å². The third kappa shape index (κ3) is 2.99. The number of anilines is 1. The van der Waals surface area contributed by atoms with E-state index in [-0.39, 0.29) is 5.60 Å². The SMILES string of the molecule is c1cnc(NC2COC3(CCN(Cc4cccs4)C3)C2)nc1. The highest BCUT2D eigenvalue weighted by Gasteiger charge is 2.45. The van der Waals surface area contributed by atoms with Gasteiger partial charge in [0.25, 0.3) is 0 Å². The Balaban J connectivity index is 1.34. The molecule has 2 unspecified atom stereocenters. The minimum Gasteiger partial charge on any atom is -0.371 e. The Morgan fingerprint density at radius 2 is 2.27 bits per heavy atom. The summed E-state index contributed by atoms with van der Waals surface area (Å²) in [6.45, 7) is 3.93. The quantitative estimate of drug-likeness (QED) is 0.938. The third-order valence-electron chi connectivity index (χ3n) is 4.46. The maximum atomic E-state index is 6.18. The van der Waals surface area contributed by atoms with Gasteiger partial charge in [0.2, 0.25) is 5.95 Å². The van der Waals surface area contributed by atoms with Crippen LogP contribution in [-0.4, -0.2) is 46.2 Å². The molecule has 2 aromatic heterocycles. The second-order valence-electron chi connectivity index (χ2n) is 6.15. The van der Waals surface area contributed by atoms with Crippen molar-refractivity contribution >= 4 is 17.3 Å². The lowest BCUT2D eigenvalue weighted by molar-refractivity contribution is 0.0120. The molecule has 0 saturated carbocycles. The topological polar surface area (TPSA) is 50.3 Å². The monoisotopic (exact) mass is 316 g/mol. The summed E-state index contributed by atoms with van der Waals surface area (Å²) in [5.74, 6) is 0.696. The summed E-state index contributed by atoms with van der Waals surface area (Å²) in [6, 6.07) is 6.47. The van der Waals surface area contributed by atoms with E-state index in [4.69, 9.17) is 4.74 Å². The zero-order valence-electron chi connectivity index (χ0n) is 12.4. The molecule has 0 amide bonds. The lowest BCUT2D eigenvalue weighted by atomic mass is 9.97. The van der Waals surface area contributed by atoms with Gasteiger partial charge in [-0.1, -0.05) is 6.07 Å². The molecule has 0 aromatic carbocycles. The van der Waals surface area contributed by atoms with Gasteiger partial charge in [-0.25, -0.2) is 9.97 Å². The minimum absolute atomic E-state index is 0.0176. The number of hydrogen-bond donors (Lipinski definition) is 1. The molecular weight excluding hydrogens is 296 g/mol. The maximum Gasteiger partial charge on any atom is 0.222 e. The van der Waals surface area contributed by atoms with E-state index in [9.17, 15) is 0 Å². The Morgan fingerprint density at radius 3 is 3.09 bits per heavy atom. The van der Waals surface area contributed by atoms with Crippen molar-refractivity contribution < 1.29 is 4.74 Å². The van der Waals surface area contributed by atoms with Gasteiger partial charge in [0.15, 0.2) is 0 Å². The number of thiophene rings is 1. The highest BCUT2D eigenvalue weighted by Crippen LogP contribution is 2.36. The first kappa shape index (κ1) is 14.1. The molecule has 1 N–H and O–H groups in total. The second-order valence-corrected chi connectivity index (χ2v) is 7.18. The van der Waals surface area contributed by atoms with Crippen molar-refractivity contribution in [1.29, 1.82) is 0 Å². The number of aromatic nitrogens is 2. The lowest BCUT2D eigenvalue weighted by Crippen LogP contribution is -2.33. The first-order valence-corrected chi connectivity index (χ1v) is 8.62. The van der Waals surface area contributed by atoms with Gasteiger partial charge in [0.05, 0.1) is 18.2 Å². The Kier molecular flexibility index (Phi) is 3.82. The standard InChI is InChI=1S/C16H20N4OS/c1-3-14(22-8-1)10-20-7-4-16(12-20)9-13(11-21-16)19-15-17-5-2-6-18-15/h1-3,5-6,8,13H,4,7,9-12H2,(H,17,18,19). The summed E-state index contributed by atoms with van der Waals surface area (Å²) in [5, 5.41) is 5.53. The van der Waals surface area contributed by atoms with E-state index in [1.54, 1.807) is 12.4 Å². The van der Waals surface area contributed by atoms with Crippen LogP contribution in [0.25, 0.3) is 0 Å². The van der Waals surface area contributed by atoms with Crippen LogP contribution in [0.3, 0.4) is 0 Å². The molecule has 2 aromatic rings. The van der Waals surface area contributed by atoms with Gasteiger partial charge in [0.1, 0.15) is 0 Å². The van der Waals surface area contributed by atoms with E-state index in [2.05, 4.69) is 37.7 Å². The van der Waals surface area contributed by atoms with Crippen LogP contribution in [0.4, 0.5) is 5.95 Å². The maximum absolute atomic E-state index is 6.18. The van der Waals surface area contributed by atoms with Crippen LogP contribution < -0.4 is 5.32 Å². The normalized spacial score (nSPS) is 28.5. The van der Waals surface area contributed by atoms with Crippen LogP contribution in [0.15, 0.2) is 36.0 Å². The molecule has 22 heavy (non-hydrogen) atoms. The lowest BCUT2D eigenvalue weighted by Gasteiger charge is -2.23. The van der Waals surface area contributed by atoms with E-state index < -0.39 is 0 Å². The first-order valence-electron chi connectivity index (χ1n) is 7.74. The Bertz CT molecular complexity index is 606. The average molecular weight is 316 g/mol. The molecule has 4 heterocycles. The molecule has 4 rings (SSSR count). The number of hydrogen-bond acceptors (Lipinski definition) is 6. The van der Waals surface area contributed by atoms with Gasteiger partial charge < -0.3 is 10.1 Å². The number of ether oxygens (including phenoxy) is 1. The Morgan fingerprint density at radius 1 is 1.36 bits per heavy atom. The van der Waals surface area contributed by atoms with Crippen molar-refractivity contribution in [3.05, 3.63) is 40.8 Å². The van der Waals surface area contributed by atoms with Crippen molar-refractivity contribution in [3.63, 3.8) is 0 Å². The van der Waals surface area contributed by atoms with E-state index in [0.717, 1.165) is 39.1 Å². The molecule has 116 valence electrons. The summed E-state index contributed by atoms with van der Waals surface area (Å²) in [4.78, 5) is 12.4. The van der Waals surface area contributed by atoms with Gasteiger partial charge >= 0.3 is 0 Å². The van der Waals surface area contributed by atoms with Gasteiger partial charge in [-0.05, 0) is 23.9 Å². The highest BCUT2D eigenvalue weighted by atomic mass is 32.1. The predicted octanol–water partition coefficient (Wildman–Crippen LogP) is 2.38. The molecule has 5 nitrogen and oxygen atoms in total. The van der Waals surface area contributed by atoms with Gasteiger partial charge in [-0.2, -0.15) is 0 Å². The fourth-order valence-electron chi connectivity index (χ4n) is 3.46. The first-order chi connectivity index (χ1) is 10.8. The number of likely N-dealkylation sites (tertiary alicyclic amines) is 1. The molecule has 1 spiro atoms. The summed E-state index contributed by atoms with van der Waals surface area (Å²) in [7, 11) is 0. The van der Waals surface area contributed by atoms with Gasteiger partial charge in [-0.3, -0.25) is 4.90 Å². The van der Waals surface area contributed by atoms with E-state index in [1.165, 1.54) is 4.88 Å². The smallest absolute Gasteiger partial charge is 0.222 e. The average Bonchev–Trinajstić information content (AvgIpc) is 3.25. The molecular formula is C16H20N4OS. The summed E-state index contributed by atoms with van der Waals surface area (Å²) in [5.41, 5.74) is 0.0176. The second kappa shape index (κ2) is 5.95.